The molecule has 166 valence electrons. The lowest BCUT2D eigenvalue weighted by Gasteiger charge is -2.36. The van der Waals surface area contributed by atoms with Crippen LogP contribution in [0.3, 0.4) is 0 Å². The Kier molecular flexibility index (Phi) is 5.56. The third kappa shape index (κ3) is 4.13. The molecular formula is C22H30N6O3. The molecule has 0 bridgehead atoms. The number of likely N-dealkylation sites (tertiary alicyclic amines) is 1. The number of aromatic amines is 1. The quantitative estimate of drug-likeness (QED) is 0.649. The van der Waals surface area contributed by atoms with Crippen LogP contribution in [-0.4, -0.2) is 71.0 Å². The third-order valence-corrected chi connectivity index (χ3v) is 6.33. The highest BCUT2D eigenvalue weighted by molar-refractivity contribution is 6.00. The molecule has 5 rings (SSSR count). The van der Waals surface area contributed by atoms with E-state index in [0.29, 0.717) is 31.3 Å². The Morgan fingerprint density at radius 3 is 2.74 bits per heavy atom. The first-order valence-electron chi connectivity index (χ1n) is 11.0. The zero-order chi connectivity index (χ0) is 21.4. The summed E-state index contributed by atoms with van der Waals surface area (Å²) in [5.74, 6) is 0.832. The van der Waals surface area contributed by atoms with Crippen LogP contribution in [0.4, 0.5) is 5.82 Å². The molecule has 9 heteroatoms. The van der Waals surface area contributed by atoms with E-state index < -0.39 is 6.35 Å². The van der Waals surface area contributed by atoms with Crippen molar-refractivity contribution in [2.45, 2.75) is 44.8 Å². The Labute approximate surface area is 181 Å². The van der Waals surface area contributed by atoms with Gasteiger partial charge in [-0.15, -0.1) is 0 Å². The Morgan fingerprint density at radius 2 is 2.00 bits per heavy atom. The summed E-state index contributed by atoms with van der Waals surface area (Å²) in [6.45, 7) is 4.93. The van der Waals surface area contributed by atoms with Gasteiger partial charge in [-0.05, 0) is 43.5 Å². The minimum Gasteiger partial charge on any atom is -0.379 e. The summed E-state index contributed by atoms with van der Waals surface area (Å²) in [6, 6.07) is 8.42. The summed E-state index contributed by atoms with van der Waals surface area (Å²) >= 11 is 0. The zero-order valence-corrected chi connectivity index (χ0v) is 17.9. The maximum atomic E-state index is 12.8. The first kappa shape index (κ1) is 20.3. The average Bonchev–Trinajstić information content (AvgIpc) is 3.51. The number of hydrogen-bond donors (Lipinski definition) is 3. The molecule has 2 aromatic rings. The van der Waals surface area contributed by atoms with E-state index in [9.17, 15) is 4.79 Å². The van der Waals surface area contributed by atoms with Crippen LogP contribution in [0.5, 0.6) is 0 Å². The summed E-state index contributed by atoms with van der Waals surface area (Å²) in [6.07, 6.45) is 2.83. The van der Waals surface area contributed by atoms with Gasteiger partial charge in [0.15, 0.2) is 5.84 Å². The summed E-state index contributed by atoms with van der Waals surface area (Å²) in [5, 5.41) is 11.8. The molecule has 2 atom stereocenters. The van der Waals surface area contributed by atoms with Crippen molar-refractivity contribution in [1.82, 2.24) is 19.4 Å². The lowest BCUT2D eigenvalue weighted by Crippen LogP contribution is -2.50. The number of hydrogen-bond acceptors (Lipinski definition) is 6. The number of H-pyrrole nitrogens is 1. The molecule has 0 aliphatic carbocycles. The molecule has 0 amide bonds. The van der Waals surface area contributed by atoms with Gasteiger partial charge in [0.25, 0.3) is 0 Å². The zero-order valence-electron chi connectivity index (χ0n) is 17.9. The molecule has 1 aromatic heterocycles. The highest BCUT2D eigenvalue weighted by atomic mass is 16.6. The number of imidazole rings is 1. The topological polar surface area (TPSA) is 98.6 Å². The molecule has 3 aliphatic heterocycles. The number of anilines is 1. The maximum absolute atomic E-state index is 12.8. The van der Waals surface area contributed by atoms with Crippen molar-refractivity contribution in [2.24, 2.45) is 0 Å². The molecule has 2 unspecified atom stereocenters. The fourth-order valence-corrected chi connectivity index (χ4v) is 4.59. The SMILES string of the molecule is CN1C(=N)c2[nH]c(=O)n(Cc3cccc(CN4CCCC4)c3)c2NC1OC1CCOC1. The molecule has 0 saturated carbocycles. The van der Waals surface area contributed by atoms with Crippen molar-refractivity contribution < 1.29 is 9.47 Å². The van der Waals surface area contributed by atoms with Crippen LogP contribution < -0.4 is 11.0 Å². The number of rotatable bonds is 6. The van der Waals surface area contributed by atoms with E-state index >= 15 is 0 Å². The van der Waals surface area contributed by atoms with E-state index in [4.69, 9.17) is 14.9 Å². The molecule has 1 aromatic carbocycles. The van der Waals surface area contributed by atoms with Crippen molar-refractivity contribution in [1.29, 1.82) is 5.41 Å². The maximum Gasteiger partial charge on any atom is 0.328 e. The minimum absolute atomic E-state index is 0.0179. The number of nitrogens with zero attached hydrogens (tertiary/aromatic N) is 3. The van der Waals surface area contributed by atoms with Gasteiger partial charge in [0.1, 0.15) is 11.5 Å². The highest BCUT2D eigenvalue weighted by Gasteiger charge is 2.34. The average molecular weight is 427 g/mol. The summed E-state index contributed by atoms with van der Waals surface area (Å²) in [4.78, 5) is 19.8. The summed E-state index contributed by atoms with van der Waals surface area (Å²) in [7, 11) is 1.79. The molecule has 0 spiro atoms. The van der Waals surface area contributed by atoms with Gasteiger partial charge in [0.05, 0.1) is 19.3 Å². The molecule has 2 fully saturated rings. The van der Waals surface area contributed by atoms with Crippen LogP contribution in [-0.2, 0) is 22.6 Å². The van der Waals surface area contributed by atoms with E-state index in [1.165, 1.54) is 18.4 Å². The van der Waals surface area contributed by atoms with Crippen molar-refractivity contribution >= 4 is 11.7 Å². The predicted molar refractivity (Wildman–Crippen MR) is 117 cm³/mol. The summed E-state index contributed by atoms with van der Waals surface area (Å²) < 4.78 is 13.2. The van der Waals surface area contributed by atoms with E-state index in [1.54, 1.807) is 16.5 Å². The summed E-state index contributed by atoms with van der Waals surface area (Å²) in [5.41, 5.74) is 2.59. The van der Waals surface area contributed by atoms with Gasteiger partial charge in [0, 0.05) is 20.2 Å². The lowest BCUT2D eigenvalue weighted by molar-refractivity contribution is -0.0530. The van der Waals surface area contributed by atoms with E-state index in [0.717, 1.165) is 31.6 Å². The first-order valence-corrected chi connectivity index (χ1v) is 11.0. The van der Waals surface area contributed by atoms with Crippen LogP contribution in [0.15, 0.2) is 29.1 Å². The lowest BCUT2D eigenvalue weighted by atomic mass is 10.1. The Morgan fingerprint density at radius 1 is 1.23 bits per heavy atom. The van der Waals surface area contributed by atoms with Crippen molar-refractivity contribution in [3.8, 4) is 0 Å². The Bertz CT molecular complexity index is 1000. The van der Waals surface area contributed by atoms with E-state index in [1.807, 2.05) is 6.07 Å². The second-order valence-corrected chi connectivity index (χ2v) is 8.62. The van der Waals surface area contributed by atoms with Gasteiger partial charge in [0.2, 0.25) is 6.35 Å². The van der Waals surface area contributed by atoms with Gasteiger partial charge in [-0.3, -0.25) is 14.9 Å². The normalized spacial score (nSPS) is 23.9. The monoisotopic (exact) mass is 426 g/mol. The van der Waals surface area contributed by atoms with E-state index in [-0.39, 0.29) is 17.6 Å². The smallest absolute Gasteiger partial charge is 0.328 e. The Hall–Kier alpha value is -2.62. The molecule has 3 N–H and O–H groups in total. The van der Waals surface area contributed by atoms with Crippen LogP contribution in [0.25, 0.3) is 0 Å². The molecule has 31 heavy (non-hydrogen) atoms. The molecule has 4 heterocycles. The number of benzene rings is 1. The van der Waals surface area contributed by atoms with Crippen LogP contribution in [0.2, 0.25) is 0 Å². The van der Waals surface area contributed by atoms with Gasteiger partial charge >= 0.3 is 5.69 Å². The largest absolute Gasteiger partial charge is 0.379 e. The molecule has 9 nitrogen and oxygen atoms in total. The van der Waals surface area contributed by atoms with Gasteiger partial charge < -0.3 is 24.7 Å². The van der Waals surface area contributed by atoms with Crippen molar-refractivity contribution in [2.75, 3.05) is 38.7 Å². The number of amidine groups is 1. The second-order valence-electron chi connectivity index (χ2n) is 8.62. The molecule has 3 aliphatic rings. The number of fused-ring (bicyclic) bond motifs is 1. The molecular weight excluding hydrogens is 396 g/mol. The van der Waals surface area contributed by atoms with Gasteiger partial charge in [-0.2, -0.15) is 0 Å². The van der Waals surface area contributed by atoms with Crippen molar-refractivity contribution in [3.63, 3.8) is 0 Å². The van der Waals surface area contributed by atoms with Crippen molar-refractivity contribution in [3.05, 3.63) is 51.6 Å². The minimum atomic E-state index is -0.519. The number of ether oxygens (including phenoxy) is 2. The third-order valence-electron chi connectivity index (χ3n) is 6.33. The van der Waals surface area contributed by atoms with Crippen LogP contribution in [0, 0.1) is 5.41 Å². The highest BCUT2D eigenvalue weighted by Crippen LogP contribution is 2.25. The van der Waals surface area contributed by atoms with Crippen LogP contribution >= 0.6 is 0 Å². The first-order chi connectivity index (χ1) is 15.1. The predicted octanol–water partition coefficient (Wildman–Crippen LogP) is 1.59. The molecule has 0 radical (unpaired) electrons. The van der Waals surface area contributed by atoms with Gasteiger partial charge in [-0.25, -0.2) is 4.79 Å². The fraction of sp³-hybridized carbons (Fsp3) is 0.545. The van der Waals surface area contributed by atoms with E-state index in [2.05, 4.69) is 33.4 Å². The number of nitrogens with one attached hydrogen (secondary N) is 3. The fourth-order valence-electron chi connectivity index (χ4n) is 4.59. The van der Waals surface area contributed by atoms with Gasteiger partial charge in [-0.1, -0.05) is 24.3 Å². The number of aromatic nitrogens is 2. The van der Waals surface area contributed by atoms with Crippen LogP contribution in [0.1, 0.15) is 36.1 Å². The molecule has 2 saturated heterocycles. The second kappa shape index (κ2) is 8.49. The Balaban J connectivity index is 1.37. The standard InChI is InChI=1S/C22H30N6O3/c1-26-19(23)18-20(25-22(26)31-17-7-10-30-14-17)28(21(29)24-18)13-16-6-4-5-15(11-16)12-27-8-2-3-9-27/h4-6,11,17,22-23,25H,2-3,7-10,12-14H2,1H3,(H,24,29).